The summed E-state index contributed by atoms with van der Waals surface area (Å²) in [6.45, 7) is 0.343. The van der Waals surface area contributed by atoms with Gasteiger partial charge < -0.3 is 4.74 Å². The average Bonchev–Trinajstić information content (AvgIpc) is 2.48. The third-order valence-corrected chi connectivity index (χ3v) is 4.12. The molecule has 1 aliphatic carbocycles. The SMILES string of the molecule is O=C(N=S(=O)=O)c1cc(Cl)cc(OCC2CCCCC2)c1F. The lowest BCUT2D eigenvalue weighted by Gasteiger charge is -2.22. The van der Waals surface area contributed by atoms with Gasteiger partial charge in [0.1, 0.15) is 0 Å². The molecule has 1 aliphatic rings. The van der Waals surface area contributed by atoms with Crippen molar-refractivity contribution in [1.29, 1.82) is 0 Å². The molecule has 1 saturated carbocycles. The summed E-state index contributed by atoms with van der Waals surface area (Å²) in [6.07, 6.45) is 5.51. The van der Waals surface area contributed by atoms with E-state index in [-0.39, 0.29) is 10.8 Å². The Morgan fingerprint density at radius 3 is 2.64 bits per heavy atom. The lowest BCUT2D eigenvalue weighted by Crippen LogP contribution is -2.16. The molecule has 8 heteroatoms. The topological polar surface area (TPSA) is 72.8 Å². The van der Waals surface area contributed by atoms with Gasteiger partial charge in [-0.05, 0) is 24.8 Å². The quantitative estimate of drug-likeness (QED) is 0.833. The van der Waals surface area contributed by atoms with Crippen LogP contribution in [0.4, 0.5) is 4.39 Å². The molecule has 2 rings (SSSR count). The zero-order valence-corrected chi connectivity index (χ0v) is 13.3. The largest absolute Gasteiger partial charge is 0.490 e. The number of benzene rings is 1. The number of halogens is 2. The summed E-state index contributed by atoms with van der Waals surface area (Å²) in [5.74, 6) is -1.96. The molecule has 5 nitrogen and oxygen atoms in total. The molecule has 0 unspecified atom stereocenters. The molecule has 1 fully saturated rings. The summed E-state index contributed by atoms with van der Waals surface area (Å²) >= 11 is 5.83. The maximum absolute atomic E-state index is 14.2. The number of carbonyl (C=O) groups excluding carboxylic acids is 1. The summed E-state index contributed by atoms with van der Waals surface area (Å²) in [4.78, 5) is 11.6. The molecule has 0 N–H and O–H groups in total. The van der Waals surface area contributed by atoms with E-state index in [1.54, 1.807) is 0 Å². The number of amides is 1. The Morgan fingerprint density at radius 2 is 2.00 bits per heavy atom. The van der Waals surface area contributed by atoms with Crippen LogP contribution in [-0.2, 0) is 10.5 Å². The summed E-state index contributed by atoms with van der Waals surface area (Å²) in [5.41, 5.74) is -0.518. The van der Waals surface area contributed by atoms with E-state index in [0.29, 0.717) is 12.5 Å². The van der Waals surface area contributed by atoms with Crippen LogP contribution in [0.3, 0.4) is 0 Å². The van der Waals surface area contributed by atoms with Crippen molar-refractivity contribution in [3.8, 4) is 5.75 Å². The van der Waals surface area contributed by atoms with Crippen molar-refractivity contribution in [2.45, 2.75) is 32.1 Å². The van der Waals surface area contributed by atoms with E-state index >= 15 is 0 Å². The van der Waals surface area contributed by atoms with Crippen molar-refractivity contribution in [2.75, 3.05) is 6.61 Å². The van der Waals surface area contributed by atoms with Crippen molar-refractivity contribution < 1.29 is 22.3 Å². The number of carbonyl (C=O) groups is 1. The Bertz CT molecular complexity index is 691. The number of nitrogens with zero attached hydrogens (tertiary/aromatic N) is 1. The Labute approximate surface area is 134 Å². The standard InChI is InChI=1S/C14H15ClFNO4S/c15-10-6-11(14(18)17-22(19)20)13(16)12(7-10)21-8-9-4-2-1-3-5-9/h6-7,9H,1-5,8H2. The third kappa shape index (κ3) is 4.51. The first-order valence-corrected chi connectivity index (χ1v) is 8.35. The second kappa shape index (κ2) is 7.69. The van der Waals surface area contributed by atoms with E-state index in [0.717, 1.165) is 31.7 Å². The molecule has 0 spiro atoms. The van der Waals surface area contributed by atoms with Gasteiger partial charge in [-0.3, -0.25) is 4.79 Å². The van der Waals surface area contributed by atoms with Crippen LogP contribution >= 0.6 is 11.6 Å². The van der Waals surface area contributed by atoms with E-state index in [1.165, 1.54) is 12.5 Å². The number of hydrogen-bond donors (Lipinski definition) is 0. The third-order valence-electron chi connectivity index (χ3n) is 3.59. The maximum atomic E-state index is 14.2. The zero-order chi connectivity index (χ0) is 16.1. The molecule has 1 aromatic rings. The number of rotatable bonds is 4. The van der Waals surface area contributed by atoms with Gasteiger partial charge in [0.15, 0.2) is 11.6 Å². The van der Waals surface area contributed by atoms with Gasteiger partial charge in [0.25, 0.3) is 5.91 Å². The second-order valence-electron chi connectivity index (χ2n) is 5.19. The summed E-state index contributed by atoms with van der Waals surface area (Å²) < 4.78 is 43.3. The van der Waals surface area contributed by atoms with E-state index in [4.69, 9.17) is 16.3 Å². The van der Waals surface area contributed by atoms with E-state index in [9.17, 15) is 17.6 Å². The van der Waals surface area contributed by atoms with Gasteiger partial charge in [-0.2, -0.15) is 8.42 Å². The van der Waals surface area contributed by atoms with Crippen LogP contribution in [0.2, 0.25) is 5.02 Å². The fraction of sp³-hybridized carbons (Fsp3) is 0.500. The molecule has 0 atom stereocenters. The van der Waals surface area contributed by atoms with E-state index in [2.05, 4.69) is 4.36 Å². The van der Waals surface area contributed by atoms with Crippen LogP contribution in [0.25, 0.3) is 0 Å². The molecular weight excluding hydrogens is 333 g/mol. The molecule has 0 aromatic heterocycles. The highest BCUT2D eigenvalue weighted by Crippen LogP contribution is 2.29. The van der Waals surface area contributed by atoms with Crippen LogP contribution in [-0.4, -0.2) is 20.9 Å². The first-order chi connectivity index (χ1) is 10.5. The Morgan fingerprint density at radius 1 is 1.32 bits per heavy atom. The minimum atomic E-state index is -2.95. The minimum Gasteiger partial charge on any atom is -0.490 e. The molecule has 22 heavy (non-hydrogen) atoms. The number of hydrogen-bond acceptors (Lipinski definition) is 4. The predicted octanol–water partition coefficient (Wildman–Crippen LogP) is 3.64. The molecule has 0 bridgehead atoms. The highest BCUT2D eigenvalue weighted by molar-refractivity contribution is 7.62. The fourth-order valence-corrected chi connectivity index (χ4v) is 2.95. The first-order valence-electron chi connectivity index (χ1n) is 6.94. The molecule has 0 heterocycles. The Kier molecular flexibility index (Phi) is 5.90. The highest BCUT2D eigenvalue weighted by Gasteiger charge is 2.20. The molecule has 0 radical (unpaired) electrons. The first kappa shape index (κ1) is 16.9. The normalized spacial score (nSPS) is 15.4. The summed E-state index contributed by atoms with van der Waals surface area (Å²) in [5, 5.41) is 0.0790. The molecule has 120 valence electrons. The van der Waals surface area contributed by atoms with Gasteiger partial charge in [-0.15, -0.1) is 0 Å². The zero-order valence-electron chi connectivity index (χ0n) is 11.7. The maximum Gasteiger partial charge on any atom is 0.319 e. The van der Waals surface area contributed by atoms with Crippen LogP contribution in [0.5, 0.6) is 5.75 Å². The lowest BCUT2D eigenvalue weighted by atomic mass is 9.90. The van der Waals surface area contributed by atoms with Crippen LogP contribution in [0.1, 0.15) is 42.5 Å². The van der Waals surface area contributed by atoms with Crippen LogP contribution in [0, 0.1) is 11.7 Å². The molecule has 0 aliphatic heterocycles. The summed E-state index contributed by atoms with van der Waals surface area (Å²) in [7, 11) is -2.95. The molecule has 1 amide bonds. The lowest BCUT2D eigenvalue weighted by molar-refractivity contribution is 0.0999. The van der Waals surface area contributed by atoms with Crippen molar-refractivity contribution >= 4 is 28.0 Å². The van der Waals surface area contributed by atoms with E-state index < -0.39 is 27.8 Å². The van der Waals surface area contributed by atoms with Crippen LogP contribution in [0.15, 0.2) is 16.5 Å². The van der Waals surface area contributed by atoms with Gasteiger partial charge in [0.05, 0.1) is 12.2 Å². The van der Waals surface area contributed by atoms with Crippen molar-refractivity contribution in [1.82, 2.24) is 0 Å². The fourth-order valence-electron chi connectivity index (χ4n) is 2.50. The van der Waals surface area contributed by atoms with Crippen LogP contribution < -0.4 is 4.74 Å². The molecule has 1 aromatic carbocycles. The van der Waals surface area contributed by atoms with Gasteiger partial charge in [0.2, 0.25) is 0 Å². The second-order valence-corrected chi connectivity index (χ2v) is 6.25. The smallest absolute Gasteiger partial charge is 0.319 e. The predicted molar refractivity (Wildman–Crippen MR) is 79.2 cm³/mol. The number of ether oxygens (including phenoxy) is 1. The van der Waals surface area contributed by atoms with Gasteiger partial charge >= 0.3 is 10.5 Å². The highest BCUT2D eigenvalue weighted by atomic mass is 35.5. The summed E-state index contributed by atoms with van der Waals surface area (Å²) in [6, 6.07) is 2.30. The van der Waals surface area contributed by atoms with Gasteiger partial charge in [-0.1, -0.05) is 35.2 Å². The minimum absolute atomic E-state index is 0.0790. The van der Waals surface area contributed by atoms with E-state index in [1.807, 2.05) is 0 Å². The van der Waals surface area contributed by atoms with Gasteiger partial charge in [0, 0.05) is 11.1 Å². The average molecular weight is 348 g/mol. The van der Waals surface area contributed by atoms with Gasteiger partial charge in [-0.25, -0.2) is 4.39 Å². The van der Waals surface area contributed by atoms with Crippen molar-refractivity contribution in [3.63, 3.8) is 0 Å². The Hall–Kier alpha value is -1.47. The van der Waals surface area contributed by atoms with Crippen molar-refractivity contribution in [3.05, 3.63) is 28.5 Å². The molecule has 0 saturated heterocycles. The Balaban J connectivity index is 2.19. The molecular formula is C14H15ClFNO4S. The monoisotopic (exact) mass is 347 g/mol. The van der Waals surface area contributed by atoms with Crippen molar-refractivity contribution in [2.24, 2.45) is 10.3 Å².